The van der Waals surface area contributed by atoms with E-state index in [4.69, 9.17) is 4.74 Å². The maximum Gasteiger partial charge on any atom is 0.269 e. The van der Waals surface area contributed by atoms with Gasteiger partial charge in [-0.2, -0.15) is 0 Å². The summed E-state index contributed by atoms with van der Waals surface area (Å²) in [5, 5.41) is 13.5. The number of aryl methyl sites for hydroxylation is 1. The van der Waals surface area contributed by atoms with Crippen LogP contribution in [-0.4, -0.2) is 17.4 Å². The number of nitrogens with one attached hydrogen (secondary N) is 1. The van der Waals surface area contributed by atoms with Gasteiger partial charge in [0.15, 0.2) is 0 Å². The van der Waals surface area contributed by atoms with Gasteiger partial charge in [0.25, 0.3) is 5.69 Å². The van der Waals surface area contributed by atoms with Gasteiger partial charge in [0, 0.05) is 24.2 Å². The lowest BCUT2D eigenvalue weighted by atomic mass is 9.87. The van der Waals surface area contributed by atoms with Crippen molar-refractivity contribution in [2.24, 2.45) is 0 Å². The van der Waals surface area contributed by atoms with E-state index in [1.165, 1.54) is 17.7 Å². The fraction of sp³-hybridized carbons (Fsp3) is 0.381. The van der Waals surface area contributed by atoms with Crippen molar-refractivity contribution in [3.8, 4) is 5.75 Å². The molecule has 0 aromatic heterocycles. The number of anilines is 1. The Morgan fingerprint density at radius 2 is 1.81 bits per heavy atom. The molecular weight excluding hydrogens is 344 g/mol. The molecule has 27 heavy (non-hydrogen) atoms. The van der Waals surface area contributed by atoms with Crippen LogP contribution < -0.4 is 10.1 Å². The predicted molar refractivity (Wildman–Crippen MR) is 106 cm³/mol. The average molecular weight is 370 g/mol. The third kappa shape index (κ3) is 6.09. The van der Waals surface area contributed by atoms with Crippen LogP contribution in [0.4, 0.5) is 11.4 Å². The average Bonchev–Trinajstić information content (AvgIpc) is 2.60. The molecule has 0 spiro atoms. The normalized spacial score (nSPS) is 11.1. The van der Waals surface area contributed by atoms with Crippen molar-refractivity contribution in [2.45, 2.75) is 46.0 Å². The first-order chi connectivity index (χ1) is 12.7. The van der Waals surface area contributed by atoms with Gasteiger partial charge in [-0.25, -0.2) is 0 Å². The molecule has 0 radical (unpaired) electrons. The minimum absolute atomic E-state index is 0.0105. The highest BCUT2D eigenvalue weighted by Crippen LogP contribution is 2.24. The summed E-state index contributed by atoms with van der Waals surface area (Å²) in [6.45, 7) is 8.66. The summed E-state index contributed by atoms with van der Waals surface area (Å²) in [5.74, 6) is 0.647. The maximum atomic E-state index is 12.0. The van der Waals surface area contributed by atoms with Crippen molar-refractivity contribution in [3.05, 3.63) is 63.7 Å². The third-order valence-corrected chi connectivity index (χ3v) is 4.23. The van der Waals surface area contributed by atoms with Crippen LogP contribution in [0.5, 0.6) is 5.75 Å². The molecule has 0 aliphatic heterocycles. The van der Waals surface area contributed by atoms with Gasteiger partial charge in [-0.3, -0.25) is 14.9 Å². The molecule has 144 valence electrons. The van der Waals surface area contributed by atoms with Gasteiger partial charge in [-0.15, -0.1) is 0 Å². The third-order valence-electron chi connectivity index (χ3n) is 4.23. The largest absolute Gasteiger partial charge is 0.494 e. The Morgan fingerprint density at radius 1 is 1.15 bits per heavy atom. The first-order valence-electron chi connectivity index (χ1n) is 8.95. The first-order valence-corrected chi connectivity index (χ1v) is 8.95. The van der Waals surface area contributed by atoms with Crippen LogP contribution >= 0.6 is 0 Å². The second-order valence-electron chi connectivity index (χ2n) is 7.53. The van der Waals surface area contributed by atoms with Crippen LogP contribution in [0, 0.1) is 17.0 Å². The molecule has 0 unspecified atom stereocenters. The molecule has 6 heteroatoms. The molecule has 1 N–H and O–H groups in total. The SMILES string of the molecule is Cc1cc([N+](=O)[O-])ccc1NC(=O)CCCOc1ccc(C(C)(C)C)cc1. The van der Waals surface area contributed by atoms with Gasteiger partial charge in [-0.05, 0) is 48.1 Å². The molecule has 2 aromatic rings. The Labute approximate surface area is 159 Å². The van der Waals surface area contributed by atoms with E-state index in [0.29, 0.717) is 30.7 Å². The zero-order chi connectivity index (χ0) is 20.0. The van der Waals surface area contributed by atoms with Gasteiger partial charge in [-0.1, -0.05) is 32.9 Å². The Hall–Kier alpha value is -2.89. The number of nitro groups is 1. The molecule has 2 aromatic carbocycles. The van der Waals surface area contributed by atoms with Crippen molar-refractivity contribution < 1.29 is 14.5 Å². The Bertz CT molecular complexity index is 808. The molecule has 0 heterocycles. The zero-order valence-corrected chi connectivity index (χ0v) is 16.2. The van der Waals surface area contributed by atoms with Crippen LogP contribution in [-0.2, 0) is 10.2 Å². The van der Waals surface area contributed by atoms with Gasteiger partial charge in [0.2, 0.25) is 5.91 Å². The van der Waals surface area contributed by atoms with Crippen LogP contribution in [0.15, 0.2) is 42.5 Å². The molecule has 0 fully saturated rings. The number of amides is 1. The summed E-state index contributed by atoms with van der Waals surface area (Å²) in [4.78, 5) is 22.3. The fourth-order valence-electron chi connectivity index (χ4n) is 2.59. The minimum atomic E-state index is -0.454. The molecule has 0 saturated heterocycles. The maximum absolute atomic E-state index is 12.0. The zero-order valence-electron chi connectivity index (χ0n) is 16.2. The molecule has 0 atom stereocenters. The summed E-state index contributed by atoms with van der Waals surface area (Å²) in [6, 6.07) is 12.4. The molecule has 0 saturated carbocycles. The standard InChI is InChI=1S/C21H26N2O4/c1-15-14-17(23(25)26)9-12-19(15)22-20(24)6-5-13-27-18-10-7-16(8-11-18)21(2,3)4/h7-12,14H,5-6,13H2,1-4H3,(H,22,24). The Kier molecular flexibility index (Phi) is 6.55. The summed E-state index contributed by atoms with van der Waals surface area (Å²) >= 11 is 0. The lowest BCUT2D eigenvalue weighted by molar-refractivity contribution is -0.384. The van der Waals surface area contributed by atoms with Crippen molar-refractivity contribution in [2.75, 3.05) is 11.9 Å². The second kappa shape index (κ2) is 8.66. The highest BCUT2D eigenvalue weighted by Gasteiger charge is 2.13. The van der Waals surface area contributed by atoms with Crippen LogP contribution in [0.1, 0.15) is 44.7 Å². The number of nitro benzene ring substituents is 1. The minimum Gasteiger partial charge on any atom is -0.494 e. The molecule has 1 amide bonds. The first kappa shape index (κ1) is 20.4. The predicted octanol–water partition coefficient (Wildman–Crippen LogP) is 5.00. The number of benzene rings is 2. The quantitative estimate of drug-likeness (QED) is 0.422. The number of carbonyl (C=O) groups is 1. The second-order valence-corrected chi connectivity index (χ2v) is 7.53. The number of carbonyl (C=O) groups excluding carboxylic acids is 1. The van der Waals surface area contributed by atoms with Gasteiger partial charge in [0.1, 0.15) is 5.75 Å². The van der Waals surface area contributed by atoms with E-state index in [2.05, 4.69) is 38.2 Å². The smallest absolute Gasteiger partial charge is 0.269 e. The van der Waals surface area contributed by atoms with E-state index >= 15 is 0 Å². The van der Waals surface area contributed by atoms with E-state index in [-0.39, 0.29) is 17.0 Å². The number of non-ortho nitro benzene ring substituents is 1. The van der Waals surface area contributed by atoms with E-state index in [0.717, 1.165) is 5.75 Å². The van der Waals surface area contributed by atoms with E-state index in [9.17, 15) is 14.9 Å². The van der Waals surface area contributed by atoms with Gasteiger partial charge >= 0.3 is 0 Å². The van der Waals surface area contributed by atoms with E-state index in [1.54, 1.807) is 13.0 Å². The van der Waals surface area contributed by atoms with E-state index < -0.39 is 4.92 Å². The highest BCUT2D eigenvalue weighted by atomic mass is 16.6. The van der Waals surface area contributed by atoms with Gasteiger partial charge in [0.05, 0.1) is 11.5 Å². The molecule has 0 aliphatic carbocycles. The summed E-state index contributed by atoms with van der Waals surface area (Å²) in [6.07, 6.45) is 0.898. The molecule has 0 bridgehead atoms. The van der Waals surface area contributed by atoms with Crippen molar-refractivity contribution in [3.63, 3.8) is 0 Å². The summed E-state index contributed by atoms with van der Waals surface area (Å²) < 4.78 is 5.69. The number of rotatable bonds is 7. The number of ether oxygens (including phenoxy) is 1. The molecular formula is C21H26N2O4. The lowest BCUT2D eigenvalue weighted by Gasteiger charge is -2.19. The summed E-state index contributed by atoms with van der Waals surface area (Å²) in [7, 11) is 0. The van der Waals surface area contributed by atoms with Crippen molar-refractivity contribution >= 4 is 17.3 Å². The number of hydrogen-bond acceptors (Lipinski definition) is 4. The van der Waals surface area contributed by atoms with Gasteiger partial charge < -0.3 is 10.1 Å². The van der Waals surface area contributed by atoms with Crippen LogP contribution in [0.2, 0.25) is 0 Å². The topological polar surface area (TPSA) is 81.5 Å². The van der Waals surface area contributed by atoms with Crippen LogP contribution in [0.25, 0.3) is 0 Å². The monoisotopic (exact) mass is 370 g/mol. The lowest BCUT2D eigenvalue weighted by Crippen LogP contribution is -2.14. The van der Waals surface area contributed by atoms with E-state index in [1.807, 2.05) is 12.1 Å². The number of hydrogen-bond donors (Lipinski definition) is 1. The Balaban J connectivity index is 1.77. The molecule has 2 rings (SSSR count). The highest BCUT2D eigenvalue weighted by molar-refractivity contribution is 5.91. The number of nitrogens with zero attached hydrogens (tertiary/aromatic N) is 1. The Morgan fingerprint density at radius 3 is 2.37 bits per heavy atom. The molecule has 0 aliphatic rings. The molecule has 6 nitrogen and oxygen atoms in total. The fourth-order valence-corrected chi connectivity index (χ4v) is 2.59. The van der Waals surface area contributed by atoms with Crippen LogP contribution in [0.3, 0.4) is 0 Å². The van der Waals surface area contributed by atoms with Crippen molar-refractivity contribution in [1.82, 2.24) is 0 Å². The van der Waals surface area contributed by atoms with Crippen molar-refractivity contribution in [1.29, 1.82) is 0 Å². The summed E-state index contributed by atoms with van der Waals surface area (Å²) in [5.41, 5.74) is 2.60.